The van der Waals surface area contributed by atoms with Crippen LogP contribution in [0.4, 0.5) is 0 Å². The average molecular weight is 350 g/mol. The second-order valence-corrected chi connectivity index (χ2v) is 5.71. The number of methoxy groups -OCH3 is 1. The van der Waals surface area contributed by atoms with Crippen molar-refractivity contribution in [3.05, 3.63) is 52.5 Å². The van der Waals surface area contributed by atoms with Crippen molar-refractivity contribution < 1.29 is 4.74 Å². The van der Waals surface area contributed by atoms with Crippen LogP contribution in [0.25, 0.3) is 0 Å². The molecule has 0 saturated carbocycles. The molecule has 0 aliphatic carbocycles. The van der Waals surface area contributed by atoms with Gasteiger partial charge in [0.25, 0.3) is 0 Å². The maximum absolute atomic E-state index is 5.27. The topological polar surface area (TPSA) is 47.0 Å². The molecule has 21 heavy (non-hydrogen) atoms. The molecule has 0 fully saturated rings. The summed E-state index contributed by atoms with van der Waals surface area (Å²) < 4.78 is 6.25. The number of ether oxygens (including phenoxy) is 1. The summed E-state index contributed by atoms with van der Waals surface area (Å²) in [4.78, 5) is 8.24. The first kappa shape index (κ1) is 15.9. The van der Waals surface area contributed by atoms with Gasteiger partial charge in [0.05, 0.1) is 11.6 Å². The van der Waals surface area contributed by atoms with Crippen molar-refractivity contribution in [1.82, 2.24) is 15.3 Å². The van der Waals surface area contributed by atoms with E-state index >= 15 is 0 Å². The van der Waals surface area contributed by atoms with Crippen molar-refractivity contribution in [2.75, 3.05) is 13.7 Å². The lowest BCUT2D eigenvalue weighted by molar-refractivity contribution is 0.412. The van der Waals surface area contributed by atoms with Gasteiger partial charge in [-0.25, -0.2) is 9.97 Å². The summed E-state index contributed by atoms with van der Waals surface area (Å²) in [5, 5.41) is 3.56. The molecule has 5 heteroatoms. The van der Waals surface area contributed by atoms with Crippen LogP contribution in [-0.4, -0.2) is 23.6 Å². The number of hydrogen-bond acceptors (Lipinski definition) is 4. The molecule has 0 saturated heterocycles. The Morgan fingerprint density at radius 3 is 2.67 bits per heavy atom. The molecule has 1 atom stereocenters. The largest absolute Gasteiger partial charge is 0.496 e. The van der Waals surface area contributed by atoms with Crippen molar-refractivity contribution in [1.29, 1.82) is 0 Å². The fourth-order valence-electron chi connectivity index (χ4n) is 2.19. The van der Waals surface area contributed by atoms with E-state index in [-0.39, 0.29) is 6.04 Å². The number of halogens is 1. The Hall–Kier alpha value is -1.46. The Kier molecular flexibility index (Phi) is 6.14. The van der Waals surface area contributed by atoms with Gasteiger partial charge in [0.2, 0.25) is 0 Å². The van der Waals surface area contributed by atoms with Gasteiger partial charge >= 0.3 is 0 Å². The third-order valence-corrected chi connectivity index (χ3v) is 3.90. The van der Waals surface area contributed by atoms with Crippen molar-refractivity contribution in [3.63, 3.8) is 0 Å². The minimum atomic E-state index is 0.214. The molecule has 2 rings (SSSR count). The summed E-state index contributed by atoms with van der Waals surface area (Å²) in [6.45, 7) is 3.13. The zero-order valence-corrected chi connectivity index (χ0v) is 13.9. The lowest BCUT2D eigenvalue weighted by Gasteiger charge is -2.19. The van der Waals surface area contributed by atoms with E-state index in [0.717, 1.165) is 35.2 Å². The zero-order valence-electron chi connectivity index (χ0n) is 12.3. The lowest BCUT2D eigenvalue weighted by atomic mass is 10.0. The summed E-state index contributed by atoms with van der Waals surface area (Å²) in [7, 11) is 1.67. The highest BCUT2D eigenvalue weighted by molar-refractivity contribution is 9.10. The van der Waals surface area contributed by atoms with E-state index in [4.69, 9.17) is 4.74 Å². The number of nitrogens with zero attached hydrogens (tertiary/aromatic N) is 2. The molecule has 0 bridgehead atoms. The Labute approximate surface area is 134 Å². The molecule has 4 nitrogen and oxygen atoms in total. The average Bonchev–Trinajstić information content (AvgIpc) is 2.52. The highest BCUT2D eigenvalue weighted by Crippen LogP contribution is 2.27. The van der Waals surface area contributed by atoms with E-state index in [9.17, 15) is 0 Å². The predicted octanol–water partition coefficient (Wildman–Crippen LogP) is 3.53. The van der Waals surface area contributed by atoms with Crippen molar-refractivity contribution in [3.8, 4) is 5.75 Å². The van der Waals surface area contributed by atoms with Crippen LogP contribution in [0.5, 0.6) is 5.75 Å². The van der Waals surface area contributed by atoms with Gasteiger partial charge in [-0.2, -0.15) is 0 Å². The third kappa shape index (κ3) is 4.51. The molecule has 1 N–H and O–H groups in total. The van der Waals surface area contributed by atoms with Crippen LogP contribution in [0, 0.1) is 0 Å². The van der Waals surface area contributed by atoms with Gasteiger partial charge in [-0.15, -0.1) is 0 Å². The van der Waals surface area contributed by atoms with E-state index < -0.39 is 0 Å². The number of benzene rings is 1. The second kappa shape index (κ2) is 8.10. The van der Waals surface area contributed by atoms with E-state index in [0.29, 0.717) is 0 Å². The van der Waals surface area contributed by atoms with Crippen LogP contribution in [0.1, 0.15) is 30.5 Å². The molecule has 1 aromatic heterocycles. The van der Waals surface area contributed by atoms with E-state index in [1.165, 1.54) is 5.56 Å². The number of rotatable bonds is 7. The van der Waals surface area contributed by atoms with Gasteiger partial charge in [-0.05, 0) is 53.0 Å². The zero-order chi connectivity index (χ0) is 15.1. The Balaban J connectivity index is 2.16. The number of hydrogen-bond donors (Lipinski definition) is 1. The molecule has 1 heterocycles. The lowest BCUT2D eigenvalue weighted by Crippen LogP contribution is -2.24. The molecule has 1 aromatic carbocycles. The minimum absolute atomic E-state index is 0.214. The Morgan fingerprint density at radius 2 is 2.05 bits per heavy atom. The molecule has 112 valence electrons. The highest BCUT2D eigenvalue weighted by Gasteiger charge is 2.13. The SMILES string of the molecule is CCCNC(Cc1ccc(OC)c(Br)c1)c1cncnc1. The molecule has 0 spiro atoms. The van der Waals surface area contributed by atoms with Crippen LogP contribution in [0.15, 0.2) is 41.4 Å². The van der Waals surface area contributed by atoms with Gasteiger partial charge in [0.15, 0.2) is 0 Å². The molecular formula is C16H20BrN3O. The number of nitrogens with one attached hydrogen (secondary N) is 1. The summed E-state index contributed by atoms with van der Waals surface area (Å²) in [6, 6.07) is 6.39. The summed E-state index contributed by atoms with van der Waals surface area (Å²) >= 11 is 3.54. The Morgan fingerprint density at radius 1 is 1.29 bits per heavy atom. The van der Waals surface area contributed by atoms with Crippen LogP contribution in [0.2, 0.25) is 0 Å². The van der Waals surface area contributed by atoms with Crippen LogP contribution >= 0.6 is 15.9 Å². The van der Waals surface area contributed by atoms with Crippen molar-refractivity contribution in [2.24, 2.45) is 0 Å². The summed E-state index contributed by atoms with van der Waals surface area (Å²) in [5.41, 5.74) is 2.35. The van der Waals surface area contributed by atoms with Crippen LogP contribution in [0.3, 0.4) is 0 Å². The van der Waals surface area contributed by atoms with Gasteiger partial charge in [0.1, 0.15) is 12.1 Å². The maximum Gasteiger partial charge on any atom is 0.133 e. The highest BCUT2D eigenvalue weighted by atomic mass is 79.9. The smallest absolute Gasteiger partial charge is 0.133 e. The summed E-state index contributed by atoms with van der Waals surface area (Å²) in [6.07, 6.45) is 7.29. The van der Waals surface area contributed by atoms with Crippen molar-refractivity contribution in [2.45, 2.75) is 25.8 Å². The van der Waals surface area contributed by atoms with Gasteiger partial charge in [-0.3, -0.25) is 0 Å². The first-order valence-electron chi connectivity index (χ1n) is 7.05. The van der Waals surface area contributed by atoms with Crippen molar-refractivity contribution >= 4 is 15.9 Å². The normalized spacial score (nSPS) is 12.1. The fraction of sp³-hybridized carbons (Fsp3) is 0.375. The van der Waals surface area contributed by atoms with E-state index in [2.05, 4.69) is 50.3 Å². The van der Waals surface area contributed by atoms with Crippen LogP contribution in [-0.2, 0) is 6.42 Å². The fourth-order valence-corrected chi connectivity index (χ4v) is 2.78. The van der Waals surface area contributed by atoms with Gasteiger partial charge in [-0.1, -0.05) is 13.0 Å². The molecule has 0 aliphatic heterocycles. The van der Waals surface area contributed by atoms with Crippen LogP contribution < -0.4 is 10.1 Å². The third-order valence-electron chi connectivity index (χ3n) is 3.28. The number of aromatic nitrogens is 2. The monoisotopic (exact) mass is 349 g/mol. The molecular weight excluding hydrogens is 330 g/mol. The maximum atomic E-state index is 5.27. The molecule has 1 unspecified atom stereocenters. The Bertz CT molecular complexity index is 563. The second-order valence-electron chi connectivity index (χ2n) is 4.85. The predicted molar refractivity (Wildman–Crippen MR) is 87.5 cm³/mol. The first-order valence-corrected chi connectivity index (χ1v) is 7.84. The van der Waals surface area contributed by atoms with Gasteiger partial charge in [0, 0.05) is 24.0 Å². The first-order chi connectivity index (χ1) is 10.2. The summed E-state index contributed by atoms with van der Waals surface area (Å²) in [5.74, 6) is 0.847. The quantitative estimate of drug-likeness (QED) is 0.830. The van der Waals surface area contributed by atoms with E-state index in [1.54, 1.807) is 13.4 Å². The molecule has 0 amide bonds. The molecule has 0 aliphatic rings. The van der Waals surface area contributed by atoms with E-state index in [1.807, 2.05) is 18.5 Å². The van der Waals surface area contributed by atoms with Gasteiger partial charge < -0.3 is 10.1 Å². The minimum Gasteiger partial charge on any atom is -0.496 e. The standard InChI is InChI=1S/C16H20BrN3O/c1-3-6-20-15(13-9-18-11-19-10-13)8-12-4-5-16(21-2)14(17)7-12/h4-5,7,9-11,15,20H,3,6,8H2,1-2H3. The molecule has 0 radical (unpaired) electrons. The molecule has 2 aromatic rings.